The van der Waals surface area contributed by atoms with E-state index >= 15 is 0 Å². The first-order valence-electron chi connectivity index (χ1n) is 3.58. The van der Waals surface area contributed by atoms with Crippen LogP contribution >= 0.6 is 23.2 Å². The lowest BCUT2D eigenvalue weighted by Gasteiger charge is -2.05. The van der Waals surface area contributed by atoms with E-state index in [0.717, 1.165) is 12.0 Å². The highest BCUT2D eigenvalue weighted by molar-refractivity contribution is 6.65. The summed E-state index contributed by atoms with van der Waals surface area (Å²) in [5.74, 6) is -0.135. The number of halogens is 2. The molecular formula is C8H9Cl2NO. The molecule has 2 nitrogen and oxygen atoms in total. The first-order chi connectivity index (χ1) is 5.59. The number of hydrogen-bond donors (Lipinski definition) is 1. The van der Waals surface area contributed by atoms with Crippen molar-refractivity contribution in [1.82, 2.24) is 0 Å². The molecule has 0 radical (unpaired) electrons. The van der Waals surface area contributed by atoms with E-state index in [-0.39, 0.29) is 5.88 Å². The van der Waals surface area contributed by atoms with Gasteiger partial charge in [0, 0.05) is 17.5 Å². The maximum absolute atomic E-state index is 9.14. The third-order valence-electron chi connectivity index (χ3n) is 1.61. The van der Waals surface area contributed by atoms with Crippen molar-refractivity contribution in [3.8, 4) is 0 Å². The average molecular weight is 206 g/mol. The van der Waals surface area contributed by atoms with E-state index in [2.05, 4.69) is 4.99 Å². The quantitative estimate of drug-likeness (QED) is 0.647. The Bertz CT molecular complexity index is 279. The van der Waals surface area contributed by atoms with E-state index in [1.165, 1.54) is 6.08 Å². The van der Waals surface area contributed by atoms with E-state index in [0.29, 0.717) is 16.6 Å². The van der Waals surface area contributed by atoms with Gasteiger partial charge in [-0.15, -0.1) is 0 Å². The molecule has 1 heterocycles. The molecule has 1 rings (SSSR count). The summed E-state index contributed by atoms with van der Waals surface area (Å²) in [5.41, 5.74) is 1.01. The molecule has 0 aromatic carbocycles. The van der Waals surface area contributed by atoms with Crippen molar-refractivity contribution in [3.63, 3.8) is 0 Å². The molecule has 1 aliphatic heterocycles. The summed E-state index contributed by atoms with van der Waals surface area (Å²) in [5, 5.41) is 10.1. The summed E-state index contributed by atoms with van der Waals surface area (Å²) < 4.78 is 0. The SMILES string of the molecule is CC1=C(Cl)C=C(O)N=C(Cl)CC1. The summed E-state index contributed by atoms with van der Waals surface area (Å²) in [7, 11) is 0. The Hall–Kier alpha value is -0.470. The maximum Gasteiger partial charge on any atom is 0.213 e. The second kappa shape index (κ2) is 3.97. The van der Waals surface area contributed by atoms with Gasteiger partial charge >= 0.3 is 0 Å². The summed E-state index contributed by atoms with van der Waals surface area (Å²) in [6.07, 6.45) is 2.81. The minimum absolute atomic E-state index is 0.135. The Morgan fingerprint density at radius 3 is 2.75 bits per heavy atom. The van der Waals surface area contributed by atoms with E-state index < -0.39 is 0 Å². The standard InChI is InChI=1S/C8H9Cl2NO/c1-5-2-3-7(10)11-8(12)4-6(5)9/h4,12H,2-3H2,1H3. The van der Waals surface area contributed by atoms with Gasteiger partial charge < -0.3 is 5.11 Å². The molecule has 12 heavy (non-hydrogen) atoms. The minimum Gasteiger partial charge on any atom is -0.493 e. The van der Waals surface area contributed by atoms with Crippen LogP contribution in [0.3, 0.4) is 0 Å². The van der Waals surface area contributed by atoms with Crippen LogP contribution in [-0.4, -0.2) is 10.3 Å². The van der Waals surface area contributed by atoms with E-state index in [9.17, 15) is 0 Å². The summed E-state index contributed by atoms with van der Waals surface area (Å²) in [4.78, 5) is 3.70. The zero-order valence-corrected chi connectivity index (χ0v) is 8.15. The van der Waals surface area contributed by atoms with Crippen LogP contribution < -0.4 is 0 Å². The molecule has 1 N–H and O–H groups in total. The van der Waals surface area contributed by atoms with Gasteiger partial charge in [0.05, 0.1) is 0 Å². The van der Waals surface area contributed by atoms with Crippen molar-refractivity contribution in [2.24, 2.45) is 4.99 Å². The van der Waals surface area contributed by atoms with Crippen molar-refractivity contribution in [2.45, 2.75) is 19.8 Å². The second-order valence-corrected chi connectivity index (χ2v) is 3.46. The van der Waals surface area contributed by atoms with Crippen LogP contribution in [0.4, 0.5) is 0 Å². The fourth-order valence-electron chi connectivity index (χ4n) is 0.859. The average Bonchev–Trinajstić information content (AvgIpc) is 1.98. The van der Waals surface area contributed by atoms with E-state index in [1.54, 1.807) is 0 Å². The molecule has 4 heteroatoms. The summed E-state index contributed by atoms with van der Waals surface area (Å²) in [6, 6.07) is 0. The van der Waals surface area contributed by atoms with Gasteiger partial charge in [-0.05, 0) is 13.3 Å². The Morgan fingerprint density at radius 2 is 2.08 bits per heavy atom. The van der Waals surface area contributed by atoms with Gasteiger partial charge in [0.25, 0.3) is 0 Å². The zero-order valence-electron chi connectivity index (χ0n) is 6.64. The molecule has 0 amide bonds. The minimum atomic E-state index is -0.135. The molecule has 0 atom stereocenters. The van der Waals surface area contributed by atoms with Crippen LogP contribution in [-0.2, 0) is 0 Å². The van der Waals surface area contributed by atoms with Crippen molar-refractivity contribution in [1.29, 1.82) is 0 Å². The van der Waals surface area contributed by atoms with E-state index in [1.807, 2.05) is 6.92 Å². The van der Waals surface area contributed by atoms with Gasteiger partial charge in [0.15, 0.2) is 0 Å². The zero-order chi connectivity index (χ0) is 9.14. The smallest absolute Gasteiger partial charge is 0.213 e. The van der Waals surface area contributed by atoms with Gasteiger partial charge in [-0.2, -0.15) is 0 Å². The first kappa shape index (κ1) is 9.62. The van der Waals surface area contributed by atoms with Crippen LogP contribution in [0.2, 0.25) is 0 Å². The molecule has 0 spiro atoms. The molecule has 0 saturated heterocycles. The maximum atomic E-state index is 9.14. The van der Waals surface area contributed by atoms with Crippen LogP contribution in [0.5, 0.6) is 0 Å². The number of allylic oxidation sites excluding steroid dienone is 3. The van der Waals surface area contributed by atoms with Crippen LogP contribution in [0.25, 0.3) is 0 Å². The predicted molar refractivity (Wildman–Crippen MR) is 51.8 cm³/mol. The summed E-state index contributed by atoms with van der Waals surface area (Å²) >= 11 is 11.5. The van der Waals surface area contributed by atoms with Crippen LogP contribution in [0.1, 0.15) is 19.8 Å². The number of nitrogens with zero attached hydrogens (tertiary/aromatic N) is 1. The summed E-state index contributed by atoms with van der Waals surface area (Å²) in [6.45, 7) is 1.90. The topological polar surface area (TPSA) is 32.6 Å². The highest BCUT2D eigenvalue weighted by Crippen LogP contribution is 2.20. The van der Waals surface area contributed by atoms with Crippen molar-refractivity contribution in [3.05, 3.63) is 22.6 Å². The number of hydrogen-bond acceptors (Lipinski definition) is 2. The highest BCUT2D eigenvalue weighted by atomic mass is 35.5. The molecule has 0 fully saturated rings. The lowest BCUT2D eigenvalue weighted by atomic mass is 10.1. The van der Waals surface area contributed by atoms with Gasteiger partial charge in [-0.1, -0.05) is 28.8 Å². The van der Waals surface area contributed by atoms with Gasteiger partial charge in [-0.25, -0.2) is 4.99 Å². The largest absolute Gasteiger partial charge is 0.493 e. The molecule has 1 aliphatic rings. The first-order valence-corrected chi connectivity index (χ1v) is 4.34. The third kappa shape index (κ3) is 2.54. The number of rotatable bonds is 0. The van der Waals surface area contributed by atoms with Crippen molar-refractivity contribution < 1.29 is 5.11 Å². The van der Waals surface area contributed by atoms with Gasteiger partial charge in [-0.3, -0.25) is 0 Å². The van der Waals surface area contributed by atoms with Crippen LogP contribution in [0, 0.1) is 0 Å². The normalized spacial score (nSPS) is 19.6. The highest BCUT2D eigenvalue weighted by Gasteiger charge is 2.05. The van der Waals surface area contributed by atoms with Crippen molar-refractivity contribution >= 4 is 28.4 Å². The predicted octanol–water partition coefficient (Wildman–Crippen LogP) is 3.33. The lowest BCUT2D eigenvalue weighted by Crippen LogP contribution is -1.94. The molecule has 66 valence electrons. The Kier molecular flexibility index (Phi) is 3.18. The third-order valence-corrected chi connectivity index (χ3v) is 2.31. The lowest BCUT2D eigenvalue weighted by molar-refractivity contribution is 0.406. The monoisotopic (exact) mass is 205 g/mol. The Balaban J connectivity index is 2.99. The number of aliphatic hydroxyl groups excluding tert-OH is 1. The Morgan fingerprint density at radius 1 is 1.42 bits per heavy atom. The number of aliphatic hydroxyl groups is 1. The van der Waals surface area contributed by atoms with E-state index in [4.69, 9.17) is 28.3 Å². The molecule has 0 aromatic rings. The second-order valence-electron chi connectivity index (χ2n) is 2.62. The fourth-order valence-corrected chi connectivity index (χ4v) is 1.23. The molecular weight excluding hydrogens is 197 g/mol. The molecule has 0 aromatic heterocycles. The molecule has 0 saturated carbocycles. The van der Waals surface area contributed by atoms with Gasteiger partial charge in [0.2, 0.25) is 5.88 Å². The molecule has 0 bridgehead atoms. The number of aliphatic imine (C=N–C) groups is 1. The fraction of sp³-hybridized carbons (Fsp3) is 0.375. The Labute approximate surface area is 81.2 Å². The van der Waals surface area contributed by atoms with Crippen LogP contribution in [0.15, 0.2) is 27.6 Å². The van der Waals surface area contributed by atoms with Crippen molar-refractivity contribution in [2.75, 3.05) is 0 Å². The van der Waals surface area contributed by atoms with Gasteiger partial charge in [0.1, 0.15) is 5.17 Å². The molecule has 0 unspecified atom stereocenters. The molecule has 0 aliphatic carbocycles.